The van der Waals surface area contributed by atoms with Crippen molar-refractivity contribution in [3.05, 3.63) is 46.7 Å². The highest BCUT2D eigenvalue weighted by Crippen LogP contribution is 2.46. The predicted molar refractivity (Wildman–Crippen MR) is 78.0 cm³/mol. The van der Waals surface area contributed by atoms with Crippen LogP contribution in [0.5, 0.6) is 0 Å². The fourth-order valence-electron chi connectivity index (χ4n) is 2.48. The lowest BCUT2D eigenvalue weighted by molar-refractivity contribution is -0.171. The van der Waals surface area contributed by atoms with Gasteiger partial charge in [0.05, 0.1) is 5.92 Å². The molecule has 0 bridgehead atoms. The Balaban J connectivity index is 2.37. The average Bonchev–Trinajstić information content (AvgIpc) is 2.79. The lowest BCUT2D eigenvalue weighted by Gasteiger charge is -2.32. The topological polar surface area (TPSA) is 0 Å². The van der Waals surface area contributed by atoms with Gasteiger partial charge in [0.2, 0.25) is 0 Å². The minimum absolute atomic E-state index is 0.323. The molecule has 0 fully saturated rings. The van der Waals surface area contributed by atoms with Gasteiger partial charge in [-0.1, -0.05) is 45.0 Å². The van der Waals surface area contributed by atoms with Crippen molar-refractivity contribution in [1.82, 2.24) is 0 Å². The van der Waals surface area contributed by atoms with Crippen LogP contribution in [0.1, 0.15) is 32.3 Å². The number of hydrogen-bond donors (Lipinski definition) is 0. The zero-order valence-electron chi connectivity index (χ0n) is 11.7. The van der Waals surface area contributed by atoms with Crippen LogP contribution >= 0.6 is 11.3 Å². The highest BCUT2D eigenvalue weighted by atomic mass is 32.1. The quantitative estimate of drug-likeness (QED) is 0.627. The summed E-state index contributed by atoms with van der Waals surface area (Å²) in [5.74, 6) is -1.45. The molecular weight excluding hydrogens is 281 g/mol. The standard InChI is InChI=1S/C16H17F3S/c1-15(2,3)14(16(17,18)19)12-6-4-11(5-7-12)13-8-9-20-10-13/h4-10,14H,1-3H3. The van der Waals surface area contributed by atoms with Gasteiger partial charge in [0, 0.05) is 0 Å². The van der Waals surface area contributed by atoms with Crippen molar-refractivity contribution in [3.63, 3.8) is 0 Å². The summed E-state index contributed by atoms with van der Waals surface area (Å²) in [5.41, 5.74) is 1.46. The second-order valence-electron chi connectivity index (χ2n) is 5.97. The van der Waals surface area contributed by atoms with E-state index in [4.69, 9.17) is 0 Å². The van der Waals surface area contributed by atoms with E-state index in [0.29, 0.717) is 5.56 Å². The minimum atomic E-state index is -4.23. The van der Waals surface area contributed by atoms with E-state index in [-0.39, 0.29) is 0 Å². The molecule has 0 saturated carbocycles. The van der Waals surface area contributed by atoms with Crippen molar-refractivity contribution < 1.29 is 13.2 Å². The first kappa shape index (κ1) is 15.1. The van der Waals surface area contributed by atoms with Crippen LogP contribution in [0.15, 0.2) is 41.1 Å². The van der Waals surface area contributed by atoms with Crippen molar-refractivity contribution in [1.29, 1.82) is 0 Å². The van der Waals surface area contributed by atoms with Gasteiger partial charge < -0.3 is 0 Å². The molecule has 0 aliphatic rings. The monoisotopic (exact) mass is 298 g/mol. The zero-order valence-corrected chi connectivity index (χ0v) is 12.5. The molecule has 1 atom stereocenters. The fourth-order valence-corrected chi connectivity index (χ4v) is 3.14. The predicted octanol–water partition coefficient (Wildman–Crippen LogP) is 6.11. The number of rotatable bonds is 2. The van der Waals surface area contributed by atoms with Crippen molar-refractivity contribution in [2.75, 3.05) is 0 Å². The largest absolute Gasteiger partial charge is 0.396 e. The number of benzene rings is 1. The number of halogens is 3. The van der Waals surface area contributed by atoms with Crippen LogP contribution in [0, 0.1) is 5.41 Å². The van der Waals surface area contributed by atoms with E-state index in [9.17, 15) is 13.2 Å². The molecule has 20 heavy (non-hydrogen) atoms. The molecule has 0 saturated heterocycles. The van der Waals surface area contributed by atoms with E-state index < -0.39 is 17.5 Å². The Hall–Kier alpha value is -1.29. The SMILES string of the molecule is CC(C)(C)C(c1ccc(-c2ccsc2)cc1)C(F)(F)F. The summed E-state index contributed by atoms with van der Waals surface area (Å²) in [6.45, 7) is 4.87. The molecule has 2 aromatic rings. The maximum atomic E-state index is 13.3. The van der Waals surface area contributed by atoms with Crippen molar-refractivity contribution in [2.24, 2.45) is 5.41 Å². The first-order valence-corrected chi connectivity index (χ1v) is 7.33. The van der Waals surface area contributed by atoms with E-state index in [0.717, 1.165) is 11.1 Å². The van der Waals surface area contributed by atoms with Gasteiger partial charge in [-0.05, 0) is 38.9 Å². The van der Waals surface area contributed by atoms with E-state index in [1.165, 1.54) is 0 Å². The summed E-state index contributed by atoms with van der Waals surface area (Å²) < 4.78 is 39.8. The Kier molecular flexibility index (Phi) is 3.96. The van der Waals surface area contributed by atoms with Gasteiger partial charge in [0.25, 0.3) is 0 Å². The summed E-state index contributed by atoms with van der Waals surface area (Å²) in [4.78, 5) is 0. The Labute approximate surface area is 121 Å². The second kappa shape index (κ2) is 5.24. The summed E-state index contributed by atoms with van der Waals surface area (Å²) in [6.07, 6.45) is -4.23. The molecule has 0 amide bonds. The third kappa shape index (κ3) is 3.23. The van der Waals surface area contributed by atoms with Crippen molar-refractivity contribution in [2.45, 2.75) is 32.9 Å². The molecule has 1 aromatic heterocycles. The van der Waals surface area contributed by atoms with Gasteiger partial charge >= 0.3 is 6.18 Å². The zero-order chi connectivity index (χ0) is 15.0. The first-order chi connectivity index (χ1) is 9.19. The summed E-state index contributed by atoms with van der Waals surface area (Å²) in [7, 11) is 0. The van der Waals surface area contributed by atoms with E-state index in [1.807, 2.05) is 16.8 Å². The molecule has 108 valence electrons. The van der Waals surface area contributed by atoms with Crippen LogP contribution in [0.2, 0.25) is 0 Å². The van der Waals surface area contributed by atoms with Crippen LogP contribution in [0.3, 0.4) is 0 Å². The number of alkyl halides is 3. The Morgan fingerprint density at radius 2 is 1.50 bits per heavy atom. The molecule has 0 aliphatic carbocycles. The van der Waals surface area contributed by atoms with Crippen LogP contribution in [0.25, 0.3) is 11.1 Å². The summed E-state index contributed by atoms with van der Waals surface area (Å²) >= 11 is 1.57. The Bertz CT molecular complexity index is 531. The van der Waals surface area contributed by atoms with Crippen LogP contribution in [-0.2, 0) is 0 Å². The van der Waals surface area contributed by atoms with Crippen LogP contribution in [0.4, 0.5) is 13.2 Å². The highest BCUT2D eigenvalue weighted by molar-refractivity contribution is 7.08. The Morgan fingerprint density at radius 3 is 1.90 bits per heavy atom. The number of hydrogen-bond acceptors (Lipinski definition) is 1. The minimum Gasteiger partial charge on any atom is -0.170 e. The fraction of sp³-hybridized carbons (Fsp3) is 0.375. The van der Waals surface area contributed by atoms with Crippen molar-refractivity contribution in [3.8, 4) is 11.1 Å². The lowest BCUT2D eigenvalue weighted by Crippen LogP contribution is -2.32. The van der Waals surface area contributed by atoms with Gasteiger partial charge in [-0.2, -0.15) is 24.5 Å². The van der Waals surface area contributed by atoms with Crippen LogP contribution < -0.4 is 0 Å². The molecule has 1 aromatic carbocycles. The van der Waals surface area contributed by atoms with Gasteiger partial charge in [0.15, 0.2) is 0 Å². The van der Waals surface area contributed by atoms with Crippen LogP contribution in [-0.4, -0.2) is 6.18 Å². The smallest absolute Gasteiger partial charge is 0.170 e. The molecule has 0 radical (unpaired) electrons. The normalized spacial score (nSPS) is 14.3. The van der Waals surface area contributed by atoms with Crippen molar-refractivity contribution >= 4 is 11.3 Å². The summed E-state index contributed by atoms with van der Waals surface area (Å²) in [6, 6.07) is 8.68. The molecule has 1 unspecified atom stereocenters. The second-order valence-corrected chi connectivity index (χ2v) is 6.75. The van der Waals surface area contributed by atoms with Gasteiger partial charge in [0.1, 0.15) is 0 Å². The summed E-state index contributed by atoms with van der Waals surface area (Å²) in [5, 5.41) is 3.94. The van der Waals surface area contributed by atoms with E-state index in [1.54, 1.807) is 56.4 Å². The average molecular weight is 298 g/mol. The molecule has 0 spiro atoms. The first-order valence-electron chi connectivity index (χ1n) is 6.39. The molecule has 4 heteroatoms. The molecular formula is C16H17F3S. The molecule has 2 rings (SSSR count). The lowest BCUT2D eigenvalue weighted by atomic mass is 9.76. The number of thiophene rings is 1. The van der Waals surface area contributed by atoms with E-state index >= 15 is 0 Å². The highest BCUT2D eigenvalue weighted by Gasteiger charge is 2.47. The van der Waals surface area contributed by atoms with Gasteiger partial charge in [-0.25, -0.2) is 0 Å². The third-order valence-electron chi connectivity index (χ3n) is 3.29. The van der Waals surface area contributed by atoms with E-state index in [2.05, 4.69) is 0 Å². The van der Waals surface area contributed by atoms with Gasteiger partial charge in [-0.3, -0.25) is 0 Å². The molecule has 1 heterocycles. The maximum Gasteiger partial charge on any atom is 0.396 e. The third-order valence-corrected chi connectivity index (χ3v) is 3.98. The molecule has 0 N–H and O–H groups in total. The maximum absolute atomic E-state index is 13.3. The molecule has 0 aliphatic heterocycles. The van der Waals surface area contributed by atoms with Gasteiger partial charge in [-0.15, -0.1) is 0 Å². The molecule has 0 nitrogen and oxygen atoms in total. The Morgan fingerprint density at radius 1 is 0.900 bits per heavy atom.